The van der Waals surface area contributed by atoms with Crippen molar-refractivity contribution in [1.29, 1.82) is 0 Å². The van der Waals surface area contributed by atoms with Gasteiger partial charge in [-0.15, -0.1) is 24.0 Å². The second kappa shape index (κ2) is 11.0. The van der Waals surface area contributed by atoms with Crippen molar-refractivity contribution in [3.63, 3.8) is 0 Å². The standard InChI is InChI=1S/C23H28N6O.HI/c1-24-23(26-17-22-25-16-21(27-22)18-7-4-3-5-8-18)29-13-11-28(12-14-29)19-9-6-10-20(15-19)30-2;/h3-10,15-16H,11-14,17H2,1-2H3,(H,24,26)(H,25,27);1H. The van der Waals surface area contributed by atoms with Crippen molar-refractivity contribution in [2.75, 3.05) is 45.2 Å². The van der Waals surface area contributed by atoms with Crippen molar-refractivity contribution in [2.45, 2.75) is 6.54 Å². The van der Waals surface area contributed by atoms with Crippen molar-refractivity contribution in [3.8, 4) is 17.0 Å². The number of aromatic nitrogens is 2. The molecular formula is C23H29IN6O. The fourth-order valence-corrected chi connectivity index (χ4v) is 3.70. The zero-order valence-corrected chi connectivity index (χ0v) is 20.2. The molecule has 1 saturated heterocycles. The number of aliphatic imine (C=N–C) groups is 1. The molecule has 1 aliphatic heterocycles. The van der Waals surface area contributed by atoms with Gasteiger partial charge in [-0.2, -0.15) is 0 Å². The first-order chi connectivity index (χ1) is 14.8. The van der Waals surface area contributed by atoms with E-state index in [2.05, 4.69) is 54.3 Å². The SMILES string of the molecule is CN=C(NCc1ncc(-c2ccccc2)[nH]1)N1CCN(c2cccc(OC)c2)CC1.I. The van der Waals surface area contributed by atoms with Crippen LogP contribution >= 0.6 is 24.0 Å². The second-order valence-corrected chi connectivity index (χ2v) is 7.19. The Kier molecular flexibility index (Phi) is 8.16. The van der Waals surface area contributed by atoms with Crippen LogP contribution in [0.3, 0.4) is 0 Å². The number of imidazole rings is 1. The summed E-state index contributed by atoms with van der Waals surface area (Å²) in [6, 6.07) is 18.5. The maximum atomic E-state index is 5.35. The third kappa shape index (κ3) is 5.69. The van der Waals surface area contributed by atoms with E-state index in [9.17, 15) is 0 Å². The predicted molar refractivity (Wildman–Crippen MR) is 136 cm³/mol. The molecule has 0 radical (unpaired) electrons. The number of nitrogens with zero attached hydrogens (tertiary/aromatic N) is 4. The number of rotatable bonds is 5. The maximum Gasteiger partial charge on any atom is 0.194 e. The largest absolute Gasteiger partial charge is 0.497 e. The molecule has 8 heteroatoms. The lowest BCUT2D eigenvalue weighted by molar-refractivity contribution is 0.371. The predicted octanol–water partition coefficient (Wildman–Crippen LogP) is 3.60. The topological polar surface area (TPSA) is 68.8 Å². The number of anilines is 1. The molecule has 0 aliphatic carbocycles. The molecule has 1 fully saturated rings. The fourth-order valence-electron chi connectivity index (χ4n) is 3.70. The molecule has 31 heavy (non-hydrogen) atoms. The van der Waals surface area contributed by atoms with Crippen molar-refractivity contribution in [3.05, 3.63) is 66.6 Å². The molecule has 0 bridgehead atoms. The van der Waals surface area contributed by atoms with Gasteiger partial charge in [-0.1, -0.05) is 36.4 Å². The number of aromatic amines is 1. The Hall–Kier alpha value is -2.75. The lowest BCUT2D eigenvalue weighted by Gasteiger charge is -2.37. The van der Waals surface area contributed by atoms with E-state index in [4.69, 9.17) is 4.74 Å². The highest BCUT2D eigenvalue weighted by molar-refractivity contribution is 14.0. The third-order valence-corrected chi connectivity index (χ3v) is 5.34. The van der Waals surface area contributed by atoms with Crippen LogP contribution in [0, 0.1) is 0 Å². The summed E-state index contributed by atoms with van der Waals surface area (Å²) in [7, 11) is 3.53. The lowest BCUT2D eigenvalue weighted by atomic mass is 10.2. The summed E-state index contributed by atoms with van der Waals surface area (Å²) in [6.45, 7) is 4.30. The van der Waals surface area contributed by atoms with Crippen molar-refractivity contribution in [1.82, 2.24) is 20.2 Å². The van der Waals surface area contributed by atoms with Gasteiger partial charge in [-0.3, -0.25) is 4.99 Å². The molecule has 1 aromatic heterocycles. The molecule has 0 saturated carbocycles. The number of guanidine groups is 1. The summed E-state index contributed by atoms with van der Waals surface area (Å²) in [5.74, 6) is 2.68. The molecule has 4 rings (SSSR count). The van der Waals surface area contributed by atoms with E-state index < -0.39 is 0 Å². The minimum absolute atomic E-state index is 0. The van der Waals surface area contributed by atoms with Crippen LogP contribution in [0.15, 0.2) is 65.8 Å². The molecule has 2 heterocycles. The van der Waals surface area contributed by atoms with Crippen molar-refractivity contribution >= 4 is 35.6 Å². The van der Waals surface area contributed by atoms with E-state index in [0.29, 0.717) is 6.54 Å². The lowest BCUT2D eigenvalue weighted by Crippen LogP contribution is -2.52. The number of H-pyrrole nitrogens is 1. The van der Waals surface area contributed by atoms with E-state index in [-0.39, 0.29) is 24.0 Å². The summed E-state index contributed by atoms with van der Waals surface area (Å²) in [5.41, 5.74) is 3.35. The highest BCUT2D eigenvalue weighted by Crippen LogP contribution is 2.22. The molecule has 1 aliphatic rings. The molecule has 0 spiro atoms. The maximum absolute atomic E-state index is 5.35. The molecule has 3 aromatic rings. The third-order valence-electron chi connectivity index (χ3n) is 5.34. The Bertz CT molecular complexity index is 982. The Morgan fingerprint density at radius 3 is 2.58 bits per heavy atom. The first-order valence-electron chi connectivity index (χ1n) is 10.2. The van der Waals surface area contributed by atoms with Crippen LogP contribution in [-0.4, -0.2) is 61.2 Å². The summed E-state index contributed by atoms with van der Waals surface area (Å²) in [5, 5.41) is 3.44. The zero-order chi connectivity index (χ0) is 20.8. The first-order valence-corrected chi connectivity index (χ1v) is 10.2. The van der Waals surface area contributed by atoms with E-state index in [1.807, 2.05) is 43.6 Å². The van der Waals surface area contributed by atoms with Crippen molar-refractivity contribution in [2.24, 2.45) is 4.99 Å². The van der Waals surface area contributed by atoms with E-state index in [1.54, 1.807) is 7.11 Å². The van der Waals surface area contributed by atoms with E-state index in [0.717, 1.165) is 55.0 Å². The van der Waals surface area contributed by atoms with E-state index in [1.165, 1.54) is 5.69 Å². The Morgan fingerprint density at radius 1 is 1.10 bits per heavy atom. The Balaban J connectivity index is 0.00000272. The number of benzene rings is 2. The molecule has 0 unspecified atom stereocenters. The summed E-state index contributed by atoms with van der Waals surface area (Å²) in [6.07, 6.45) is 1.88. The minimum atomic E-state index is 0. The van der Waals surface area contributed by atoms with Gasteiger partial charge in [0, 0.05) is 45.0 Å². The summed E-state index contributed by atoms with van der Waals surface area (Å²) < 4.78 is 5.35. The normalized spacial score (nSPS) is 14.2. The number of nitrogens with one attached hydrogen (secondary N) is 2. The quantitative estimate of drug-likeness (QED) is 0.299. The van der Waals surface area contributed by atoms with Gasteiger partial charge in [-0.25, -0.2) is 4.98 Å². The average molecular weight is 532 g/mol. The van der Waals surface area contributed by atoms with Gasteiger partial charge in [0.1, 0.15) is 11.6 Å². The van der Waals surface area contributed by atoms with Gasteiger partial charge in [0.05, 0.1) is 25.5 Å². The van der Waals surface area contributed by atoms with Crippen LogP contribution in [0.1, 0.15) is 5.82 Å². The zero-order valence-electron chi connectivity index (χ0n) is 17.9. The first kappa shape index (κ1) is 22.9. The van der Waals surface area contributed by atoms with Crippen LogP contribution in [0.25, 0.3) is 11.3 Å². The number of halogens is 1. The molecule has 7 nitrogen and oxygen atoms in total. The smallest absolute Gasteiger partial charge is 0.194 e. The Morgan fingerprint density at radius 2 is 1.87 bits per heavy atom. The van der Waals surface area contributed by atoms with Crippen LogP contribution < -0.4 is 15.0 Å². The van der Waals surface area contributed by atoms with Gasteiger partial charge in [0.2, 0.25) is 0 Å². The van der Waals surface area contributed by atoms with Crippen LogP contribution in [-0.2, 0) is 6.54 Å². The van der Waals surface area contributed by atoms with Gasteiger partial charge in [0.25, 0.3) is 0 Å². The van der Waals surface area contributed by atoms with Crippen molar-refractivity contribution < 1.29 is 4.74 Å². The van der Waals surface area contributed by atoms with Crippen LogP contribution in [0.5, 0.6) is 5.75 Å². The number of ether oxygens (including phenoxy) is 1. The average Bonchev–Trinajstić information content (AvgIpc) is 3.30. The summed E-state index contributed by atoms with van der Waals surface area (Å²) >= 11 is 0. The molecule has 0 atom stereocenters. The molecule has 2 aromatic carbocycles. The van der Waals surface area contributed by atoms with Gasteiger partial charge in [-0.05, 0) is 17.7 Å². The van der Waals surface area contributed by atoms with Crippen LogP contribution in [0.2, 0.25) is 0 Å². The fraction of sp³-hybridized carbons (Fsp3) is 0.304. The molecular weight excluding hydrogens is 503 g/mol. The van der Waals surface area contributed by atoms with E-state index >= 15 is 0 Å². The molecule has 0 amide bonds. The highest BCUT2D eigenvalue weighted by Gasteiger charge is 2.20. The monoisotopic (exact) mass is 532 g/mol. The number of hydrogen-bond donors (Lipinski definition) is 2. The highest BCUT2D eigenvalue weighted by atomic mass is 127. The van der Waals surface area contributed by atoms with Gasteiger partial charge >= 0.3 is 0 Å². The summed E-state index contributed by atoms with van der Waals surface area (Å²) in [4.78, 5) is 17.0. The minimum Gasteiger partial charge on any atom is -0.497 e. The molecule has 2 N–H and O–H groups in total. The molecule has 164 valence electrons. The number of hydrogen-bond acceptors (Lipinski definition) is 4. The van der Waals surface area contributed by atoms with Gasteiger partial charge in [0.15, 0.2) is 5.96 Å². The number of piperazine rings is 1. The van der Waals surface area contributed by atoms with Gasteiger partial charge < -0.3 is 24.8 Å². The Labute approximate surface area is 200 Å². The second-order valence-electron chi connectivity index (χ2n) is 7.19. The number of methoxy groups -OCH3 is 1. The van der Waals surface area contributed by atoms with Crippen LogP contribution in [0.4, 0.5) is 5.69 Å².